The van der Waals surface area contributed by atoms with E-state index in [1.54, 1.807) is 0 Å². The minimum atomic E-state index is 0.135. The molecule has 2 unspecified atom stereocenters. The average Bonchev–Trinajstić information content (AvgIpc) is 2.40. The van der Waals surface area contributed by atoms with Gasteiger partial charge in [-0.1, -0.05) is 12.1 Å². The summed E-state index contributed by atoms with van der Waals surface area (Å²) in [5.74, 6) is 0.135. The zero-order valence-corrected chi connectivity index (χ0v) is 13.7. The van der Waals surface area contributed by atoms with Gasteiger partial charge in [0.05, 0.1) is 5.56 Å². The molecule has 0 radical (unpaired) electrons. The summed E-state index contributed by atoms with van der Waals surface area (Å²) < 4.78 is 1.05. The Hall–Kier alpha value is -0.620. The van der Waals surface area contributed by atoms with Crippen molar-refractivity contribution < 1.29 is 4.79 Å². The number of nitrogens with zero attached hydrogens (tertiary/aromatic N) is 1. The molecule has 2 N–H and O–H groups in total. The predicted octanol–water partition coefficient (Wildman–Crippen LogP) is 2.94. The van der Waals surface area contributed by atoms with Gasteiger partial charge in [-0.05, 0) is 67.3 Å². The first-order valence-corrected chi connectivity index (χ1v) is 7.92. The molecule has 0 saturated carbocycles. The maximum atomic E-state index is 12.8. The molecule has 1 heterocycles. The molecule has 2 rings (SSSR count). The first-order valence-electron chi connectivity index (χ1n) is 6.84. The molecule has 0 spiro atoms. The van der Waals surface area contributed by atoms with E-state index in [-0.39, 0.29) is 18.0 Å². The molecule has 2 atom stereocenters. The van der Waals surface area contributed by atoms with Crippen LogP contribution in [0.1, 0.15) is 42.1 Å². The van der Waals surface area contributed by atoms with Crippen molar-refractivity contribution in [3.8, 4) is 0 Å². The van der Waals surface area contributed by atoms with E-state index >= 15 is 0 Å². The van der Waals surface area contributed by atoms with Crippen molar-refractivity contribution in [2.45, 2.75) is 45.2 Å². The highest BCUT2D eigenvalue weighted by molar-refractivity contribution is 14.1. The maximum Gasteiger partial charge on any atom is 0.255 e. The Balaban J connectivity index is 2.33. The van der Waals surface area contributed by atoms with Crippen molar-refractivity contribution >= 4 is 28.5 Å². The molecular weight excluding hydrogens is 351 g/mol. The Morgan fingerprint density at radius 2 is 2.21 bits per heavy atom. The number of hydrogen-bond donors (Lipinski definition) is 1. The molecule has 104 valence electrons. The summed E-state index contributed by atoms with van der Waals surface area (Å²) in [6.07, 6.45) is 3.26. The van der Waals surface area contributed by atoms with Gasteiger partial charge in [0.1, 0.15) is 0 Å². The number of carbonyl (C=O) groups is 1. The molecule has 3 nitrogen and oxygen atoms in total. The molecule has 1 fully saturated rings. The van der Waals surface area contributed by atoms with Crippen LogP contribution in [0.2, 0.25) is 0 Å². The molecule has 1 aromatic carbocycles. The Bertz CT molecular complexity index is 475. The Kier molecular flexibility index (Phi) is 4.84. The molecule has 0 aromatic heterocycles. The van der Waals surface area contributed by atoms with E-state index in [2.05, 4.69) is 29.5 Å². The third-order valence-corrected chi connectivity index (χ3v) is 5.39. The van der Waals surface area contributed by atoms with Crippen molar-refractivity contribution in [3.63, 3.8) is 0 Å². The summed E-state index contributed by atoms with van der Waals surface area (Å²) in [6.45, 7) is 4.72. The second-order valence-corrected chi connectivity index (χ2v) is 6.40. The van der Waals surface area contributed by atoms with Crippen molar-refractivity contribution in [1.29, 1.82) is 0 Å². The highest BCUT2D eigenvalue weighted by Gasteiger charge is 2.32. The number of hydrogen-bond acceptors (Lipinski definition) is 2. The lowest BCUT2D eigenvalue weighted by atomic mass is 9.95. The summed E-state index contributed by atoms with van der Waals surface area (Å²) in [6, 6.07) is 6.39. The molecular formula is C15H21IN2O. The predicted molar refractivity (Wildman–Crippen MR) is 86.2 cm³/mol. The van der Waals surface area contributed by atoms with E-state index in [0.29, 0.717) is 6.54 Å². The number of amides is 1. The fraction of sp³-hybridized carbons (Fsp3) is 0.533. The van der Waals surface area contributed by atoms with Gasteiger partial charge in [0, 0.05) is 22.2 Å². The molecule has 19 heavy (non-hydrogen) atoms. The third kappa shape index (κ3) is 2.94. The monoisotopic (exact) mass is 372 g/mol. The zero-order chi connectivity index (χ0) is 14.0. The van der Waals surface area contributed by atoms with Crippen molar-refractivity contribution in [3.05, 3.63) is 32.9 Å². The van der Waals surface area contributed by atoms with Crippen LogP contribution in [0, 0.1) is 10.5 Å². The second kappa shape index (κ2) is 6.22. The van der Waals surface area contributed by atoms with Crippen LogP contribution in [0.25, 0.3) is 0 Å². The van der Waals surface area contributed by atoms with Crippen LogP contribution in [0.4, 0.5) is 0 Å². The number of halogens is 1. The number of carbonyl (C=O) groups excluding carboxylic acids is 1. The molecule has 1 aliphatic heterocycles. The van der Waals surface area contributed by atoms with Crippen LogP contribution >= 0.6 is 22.6 Å². The molecule has 4 heteroatoms. The first-order chi connectivity index (χ1) is 9.06. The Morgan fingerprint density at radius 1 is 1.47 bits per heavy atom. The van der Waals surface area contributed by atoms with Crippen molar-refractivity contribution in [2.75, 3.05) is 6.54 Å². The van der Waals surface area contributed by atoms with Crippen LogP contribution in [0.15, 0.2) is 18.2 Å². The maximum absolute atomic E-state index is 12.8. The Morgan fingerprint density at radius 3 is 2.89 bits per heavy atom. The lowest BCUT2D eigenvalue weighted by molar-refractivity contribution is 0.0493. The number of benzene rings is 1. The van der Waals surface area contributed by atoms with Gasteiger partial charge in [0.25, 0.3) is 5.91 Å². The molecule has 1 aliphatic rings. The minimum Gasteiger partial charge on any atom is -0.332 e. The second-order valence-electron chi connectivity index (χ2n) is 5.32. The van der Waals surface area contributed by atoms with Crippen LogP contribution in [-0.4, -0.2) is 29.4 Å². The van der Waals surface area contributed by atoms with Crippen molar-refractivity contribution in [1.82, 2.24) is 4.90 Å². The lowest BCUT2D eigenvalue weighted by Gasteiger charge is -2.40. The fourth-order valence-corrected chi connectivity index (χ4v) is 3.43. The summed E-state index contributed by atoms with van der Waals surface area (Å²) in [5.41, 5.74) is 7.81. The molecule has 1 saturated heterocycles. The molecule has 0 aliphatic carbocycles. The van der Waals surface area contributed by atoms with E-state index in [1.807, 2.05) is 30.0 Å². The summed E-state index contributed by atoms with van der Waals surface area (Å²) in [5, 5.41) is 0. The Labute approximate surface area is 128 Å². The van der Waals surface area contributed by atoms with E-state index < -0.39 is 0 Å². The van der Waals surface area contributed by atoms with E-state index in [0.717, 1.165) is 34.0 Å². The first kappa shape index (κ1) is 14.8. The van der Waals surface area contributed by atoms with Gasteiger partial charge in [-0.25, -0.2) is 0 Å². The topological polar surface area (TPSA) is 46.3 Å². The number of likely N-dealkylation sites (tertiary alicyclic amines) is 1. The van der Waals surface area contributed by atoms with E-state index in [1.165, 1.54) is 0 Å². The average molecular weight is 372 g/mol. The minimum absolute atomic E-state index is 0.135. The quantitative estimate of drug-likeness (QED) is 0.812. The largest absolute Gasteiger partial charge is 0.332 e. The summed E-state index contributed by atoms with van der Waals surface area (Å²) >= 11 is 2.26. The van der Waals surface area contributed by atoms with Gasteiger partial charge < -0.3 is 10.6 Å². The normalized spacial score (nSPS) is 23.5. The zero-order valence-electron chi connectivity index (χ0n) is 11.5. The fourth-order valence-electron chi connectivity index (χ4n) is 2.84. The van der Waals surface area contributed by atoms with Gasteiger partial charge in [0.15, 0.2) is 0 Å². The smallest absolute Gasteiger partial charge is 0.255 e. The van der Waals surface area contributed by atoms with Gasteiger partial charge in [0.2, 0.25) is 0 Å². The number of nitrogens with two attached hydrogens (primary N) is 1. The van der Waals surface area contributed by atoms with Crippen molar-refractivity contribution in [2.24, 2.45) is 5.73 Å². The molecule has 1 amide bonds. The van der Waals surface area contributed by atoms with Gasteiger partial charge in [-0.15, -0.1) is 0 Å². The molecule has 0 bridgehead atoms. The number of aryl methyl sites for hydroxylation is 1. The standard InChI is InChI=1S/C15H21IN2O/c1-10-5-3-8-13(14(10)16)15(19)18-11(2)6-4-7-12(18)9-17/h3,5,8,11-12H,4,6-7,9,17H2,1-2H3. The highest BCUT2D eigenvalue weighted by atomic mass is 127. The van der Waals surface area contributed by atoms with Gasteiger partial charge >= 0.3 is 0 Å². The van der Waals surface area contributed by atoms with E-state index in [9.17, 15) is 4.79 Å². The summed E-state index contributed by atoms with van der Waals surface area (Å²) in [4.78, 5) is 14.8. The number of rotatable bonds is 2. The van der Waals surface area contributed by atoms with Crippen LogP contribution in [-0.2, 0) is 0 Å². The summed E-state index contributed by atoms with van der Waals surface area (Å²) in [7, 11) is 0. The highest BCUT2D eigenvalue weighted by Crippen LogP contribution is 2.26. The lowest BCUT2D eigenvalue weighted by Crippen LogP contribution is -2.52. The van der Waals surface area contributed by atoms with Crippen LogP contribution < -0.4 is 5.73 Å². The van der Waals surface area contributed by atoms with Gasteiger partial charge in [-0.2, -0.15) is 0 Å². The molecule has 1 aromatic rings. The van der Waals surface area contributed by atoms with Gasteiger partial charge in [-0.3, -0.25) is 4.79 Å². The number of piperidine rings is 1. The van der Waals surface area contributed by atoms with Crippen LogP contribution in [0.3, 0.4) is 0 Å². The third-order valence-electron chi connectivity index (χ3n) is 3.96. The van der Waals surface area contributed by atoms with E-state index in [4.69, 9.17) is 5.73 Å². The SMILES string of the molecule is Cc1cccc(C(=O)N2C(C)CCCC2CN)c1I. The van der Waals surface area contributed by atoms with Crippen LogP contribution in [0.5, 0.6) is 0 Å².